The first kappa shape index (κ1) is 19.2. The molecule has 2 aromatic carbocycles. The van der Waals surface area contributed by atoms with Gasteiger partial charge in [0.15, 0.2) is 0 Å². The number of carbonyl (C=O) groups is 1. The summed E-state index contributed by atoms with van der Waals surface area (Å²) in [6.07, 6.45) is 9.70. The predicted molar refractivity (Wildman–Crippen MR) is 115 cm³/mol. The minimum atomic E-state index is 0.0737. The third-order valence-corrected chi connectivity index (χ3v) is 6.91. The van der Waals surface area contributed by atoms with Crippen LogP contribution in [0.25, 0.3) is 0 Å². The summed E-state index contributed by atoms with van der Waals surface area (Å²) in [5, 5.41) is 0. The molecule has 2 heteroatoms. The summed E-state index contributed by atoms with van der Waals surface area (Å²) in [6.45, 7) is 1.88. The fraction of sp³-hybridized carbons (Fsp3) is 0.500. The molecule has 148 valence electrons. The molecule has 0 bridgehead atoms. The molecule has 1 atom stereocenters. The highest BCUT2D eigenvalue weighted by Gasteiger charge is 2.35. The molecule has 0 spiro atoms. The summed E-state index contributed by atoms with van der Waals surface area (Å²) < 4.78 is 0. The predicted octanol–water partition coefficient (Wildman–Crippen LogP) is 5.83. The van der Waals surface area contributed by atoms with Crippen LogP contribution in [0.2, 0.25) is 0 Å². The number of piperidine rings is 1. The maximum absolute atomic E-state index is 13.5. The SMILES string of the molecule is O=C(C(c1ccccc1)C1CCCC1)N1CCC(CCc2ccccc2)CC1. The lowest BCUT2D eigenvalue weighted by atomic mass is 9.82. The largest absolute Gasteiger partial charge is 0.342 e. The van der Waals surface area contributed by atoms with Crippen LogP contribution in [-0.4, -0.2) is 23.9 Å². The highest BCUT2D eigenvalue weighted by Crippen LogP contribution is 2.39. The van der Waals surface area contributed by atoms with E-state index in [4.69, 9.17) is 0 Å². The van der Waals surface area contributed by atoms with Gasteiger partial charge in [-0.15, -0.1) is 0 Å². The zero-order chi connectivity index (χ0) is 19.2. The third kappa shape index (κ3) is 4.66. The molecular formula is C26H33NO. The topological polar surface area (TPSA) is 20.3 Å². The van der Waals surface area contributed by atoms with Crippen molar-refractivity contribution in [3.05, 3.63) is 71.8 Å². The van der Waals surface area contributed by atoms with E-state index in [1.54, 1.807) is 0 Å². The van der Waals surface area contributed by atoms with E-state index in [9.17, 15) is 4.79 Å². The van der Waals surface area contributed by atoms with E-state index < -0.39 is 0 Å². The first-order valence-corrected chi connectivity index (χ1v) is 11.2. The van der Waals surface area contributed by atoms with Gasteiger partial charge >= 0.3 is 0 Å². The van der Waals surface area contributed by atoms with Crippen molar-refractivity contribution in [2.45, 2.75) is 57.3 Å². The number of benzene rings is 2. The Morgan fingerprint density at radius 2 is 1.46 bits per heavy atom. The van der Waals surface area contributed by atoms with Gasteiger partial charge in [-0.25, -0.2) is 0 Å². The van der Waals surface area contributed by atoms with Crippen LogP contribution in [0.5, 0.6) is 0 Å². The molecule has 1 unspecified atom stereocenters. The highest BCUT2D eigenvalue weighted by molar-refractivity contribution is 5.84. The Kier molecular flexibility index (Phi) is 6.46. The van der Waals surface area contributed by atoms with Crippen molar-refractivity contribution in [3.8, 4) is 0 Å². The van der Waals surface area contributed by atoms with Crippen molar-refractivity contribution in [1.82, 2.24) is 4.90 Å². The molecule has 0 aromatic heterocycles. The Morgan fingerprint density at radius 1 is 0.857 bits per heavy atom. The molecular weight excluding hydrogens is 342 g/mol. The minimum Gasteiger partial charge on any atom is -0.342 e. The molecule has 1 aliphatic heterocycles. The maximum Gasteiger partial charge on any atom is 0.230 e. The standard InChI is InChI=1S/C26H33NO/c28-26(25(24-13-7-8-14-24)23-11-5-2-6-12-23)27-19-17-22(18-20-27)16-15-21-9-3-1-4-10-21/h1-6,9-12,22,24-25H,7-8,13-20H2. The Morgan fingerprint density at radius 3 is 2.11 bits per heavy atom. The number of amides is 1. The fourth-order valence-corrected chi connectivity index (χ4v) is 5.22. The van der Waals surface area contributed by atoms with Crippen molar-refractivity contribution >= 4 is 5.91 Å². The van der Waals surface area contributed by atoms with E-state index in [2.05, 4.69) is 65.6 Å². The van der Waals surface area contributed by atoms with Crippen LogP contribution >= 0.6 is 0 Å². The Hall–Kier alpha value is -2.09. The van der Waals surface area contributed by atoms with Crippen molar-refractivity contribution in [1.29, 1.82) is 0 Å². The van der Waals surface area contributed by atoms with Gasteiger partial charge in [-0.2, -0.15) is 0 Å². The lowest BCUT2D eigenvalue weighted by Crippen LogP contribution is -2.42. The molecule has 1 saturated heterocycles. The number of rotatable bonds is 6. The summed E-state index contributed by atoms with van der Waals surface area (Å²) in [5.74, 6) is 1.75. The molecule has 2 fully saturated rings. The number of aryl methyl sites for hydroxylation is 1. The summed E-state index contributed by atoms with van der Waals surface area (Å²) in [4.78, 5) is 15.7. The van der Waals surface area contributed by atoms with Crippen LogP contribution in [0, 0.1) is 11.8 Å². The molecule has 1 heterocycles. The molecule has 1 amide bonds. The van der Waals surface area contributed by atoms with E-state index in [1.807, 2.05) is 0 Å². The summed E-state index contributed by atoms with van der Waals surface area (Å²) in [5.41, 5.74) is 2.66. The fourth-order valence-electron chi connectivity index (χ4n) is 5.22. The number of carbonyl (C=O) groups excluding carboxylic acids is 1. The molecule has 1 aliphatic carbocycles. The van der Waals surface area contributed by atoms with Gasteiger partial charge in [-0.3, -0.25) is 4.79 Å². The van der Waals surface area contributed by atoms with Gasteiger partial charge in [0.1, 0.15) is 0 Å². The van der Waals surface area contributed by atoms with Gasteiger partial charge in [0.2, 0.25) is 5.91 Å². The van der Waals surface area contributed by atoms with E-state index in [0.717, 1.165) is 38.3 Å². The number of hydrogen-bond donors (Lipinski definition) is 0. The molecule has 2 aliphatic rings. The van der Waals surface area contributed by atoms with Gasteiger partial charge in [0.05, 0.1) is 5.92 Å². The third-order valence-electron chi connectivity index (χ3n) is 6.91. The molecule has 2 aromatic rings. The average molecular weight is 376 g/mol. The second-order valence-corrected chi connectivity index (χ2v) is 8.73. The van der Waals surface area contributed by atoms with Gasteiger partial charge in [0, 0.05) is 13.1 Å². The quantitative estimate of drug-likeness (QED) is 0.622. The van der Waals surface area contributed by atoms with Crippen LogP contribution in [0.15, 0.2) is 60.7 Å². The van der Waals surface area contributed by atoms with Crippen molar-refractivity contribution in [3.63, 3.8) is 0 Å². The Balaban J connectivity index is 1.35. The first-order chi connectivity index (χ1) is 13.8. The Bertz CT molecular complexity index is 728. The summed E-state index contributed by atoms with van der Waals surface area (Å²) in [7, 11) is 0. The lowest BCUT2D eigenvalue weighted by Gasteiger charge is -2.36. The molecule has 28 heavy (non-hydrogen) atoms. The highest BCUT2D eigenvalue weighted by atomic mass is 16.2. The molecule has 0 radical (unpaired) electrons. The first-order valence-electron chi connectivity index (χ1n) is 11.2. The molecule has 0 N–H and O–H groups in total. The number of nitrogens with zero attached hydrogens (tertiary/aromatic N) is 1. The van der Waals surface area contributed by atoms with Crippen molar-refractivity contribution in [2.24, 2.45) is 11.8 Å². The normalized spacial score (nSPS) is 19.6. The van der Waals surface area contributed by atoms with Crippen LogP contribution < -0.4 is 0 Å². The van der Waals surface area contributed by atoms with Gasteiger partial charge in [-0.1, -0.05) is 73.5 Å². The maximum atomic E-state index is 13.5. The number of likely N-dealkylation sites (tertiary alicyclic amines) is 1. The summed E-state index contributed by atoms with van der Waals surface area (Å²) >= 11 is 0. The minimum absolute atomic E-state index is 0.0737. The van der Waals surface area contributed by atoms with Crippen molar-refractivity contribution < 1.29 is 4.79 Å². The Labute approximate surface area is 170 Å². The second kappa shape index (κ2) is 9.41. The summed E-state index contributed by atoms with van der Waals surface area (Å²) in [6, 6.07) is 21.3. The van der Waals surface area contributed by atoms with E-state index in [-0.39, 0.29) is 5.92 Å². The van der Waals surface area contributed by atoms with Gasteiger partial charge in [-0.05, 0) is 61.5 Å². The van der Waals surface area contributed by atoms with E-state index >= 15 is 0 Å². The zero-order valence-corrected chi connectivity index (χ0v) is 16.9. The molecule has 4 rings (SSSR count). The lowest BCUT2D eigenvalue weighted by molar-refractivity contribution is -0.135. The van der Waals surface area contributed by atoms with Crippen LogP contribution in [-0.2, 0) is 11.2 Å². The van der Waals surface area contributed by atoms with E-state index in [0.29, 0.717) is 11.8 Å². The smallest absolute Gasteiger partial charge is 0.230 e. The van der Waals surface area contributed by atoms with E-state index in [1.165, 1.54) is 43.2 Å². The zero-order valence-electron chi connectivity index (χ0n) is 16.9. The van der Waals surface area contributed by atoms with Gasteiger partial charge in [0.25, 0.3) is 0 Å². The van der Waals surface area contributed by atoms with Crippen LogP contribution in [0.1, 0.15) is 62.0 Å². The average Bonchev–Trinajstić information content (AvgIpc) is 3.28. The monoisotopic (exact) mass is 375 g/mol. The molecule has 2 nitrogen and oxygen atoms in total. The second-order valence-electron chi connectivity index (χ2n) is 8.73. The van der Waals surface area contributed by atoms with Gasteiger partial charge < -0.3 is 4.90 Å². The molecule has 1 saturated carbocycles. The van der Waals surface area contributed by atoms with Crippen molar-refractivity contribution in [2.75, 3.05) is 13.1 Å². The van der Waals surface area contributed by atoms with Crippen LogP contribution in [0.4, 0.5) is 0 Å². The van der Waals surface area contributed by atoms with Crippen LogP contribution in [0.3, 0.4) is 0 Å². The number of hydrogen-bond acceptors (Lipinski definition) is 1.